The first-order valence-electron chi connectivity index (χ1n) is 5.23. The highest BCUT2D eigenvalue weighted by atomic mass is 35.5. The lowest BCUT2D eigenvalue weighted by molar-refractivity contribution is -0.145. The lowest BCUT2D eigenvalue weighted by Crippen LogP contribution is -2.36. The van der Waals surface area contributed by atoms with Crippen LogP contribution in [0.2, 0.25) is 0 Å². The third-order valence-corrected chi connectivity index (χ3v) is 2.05. The van der Waals surface area contributed by atoms with Crippen LogP contribution >= 0.6 is 12.4 Å². The molecule has 0 saturated heterocycles. The number of ether oxygens (including phenoxy) is 1. The van der Waals surface area contributed by atoms with Gasteiger partial charge in [0, 0.05) is 12.3 Å². The molecule has 0 saturated carbocycles. The van der Waals surface area contributed by atoms with E-state index in [1.165, 1.54) is 0 Å². The summed E-state index contributed by atoms with van der Waals surface area (Å²) in [6.45, 7) is -0.678. The van der Waals surface area contributed by atoms with E-state index in [9.17, 15) is 22.8 Å². The Balaban J connectivity index is 0.00000400. The zero-order valence-electron chi connectivity index (χ0n) is 10.3. The van der Waals surface area contributed by atoms with E-state index in [2.05, 4.69) is 9.97 Å². The Hall–Kier alpha value is -1.94. The third-order valence-electron chi connectivity index (χ3n) is 2.05. The molecule has 0 aromatic carbocycles. The first kappa shape index (κ1) is 19.1. The molecule has 21 heavy (non-hydrogen) atoms. The number of Topliss-reactive ketones (excluding diaryl/α,β-unsaturated/α-hetero) is 1. The van der Waals surface area contributed by atoms with E-state index in [0.717, 1.165) is 12.3 Å². The molecule has 118 valence electrons. The van der Waals surface area contributed by atoms with Gasteiger partial charge in [0.2, 0.25) is 11.7 Å². The van der Waals surface area contributed by atoms with Gasteiger partial charge in [-0.2, -0.15) is 18.2 Å². The van der Waals surface area contributed by atoms with E-state index < -0.39 is 48.7 Å². The fourth-order valence-corrected chi connectivity index (χ4v) is 1.11. The van der Waals surface area contributed by atoms with Gasteiger partial charge < -0.3 is 15.6 Å². The highest BCUT2D eigenvalue weighted by Gasteiger charge is 2.34. The van der Waals surface area contributed by atoms with Gasteiger partial charge in [-0.15, -0.1) is 12.4 Å². The van der Waals surface area contributed by atoms with Crippen LogP contribution in [0.5, 0.6) is 5.88 Å². The molecule has 1 heterocycles. The molecule has 1 aromatic heterocycles. The zero-order valence-corrected chi connectivity index (χ0v) is 11.1. The summed E-state index contributed by atoms with van der Waals surface area (Å²) in [7, 11) is 0. The first-order valence-corrected chi connectivity index (χ1v) is 5.23. The van der Waals surface area contributed by atoms with Crippen molar-refractivity contribution in [3.8, 4) is 5.88 Å². The van der Waals surface area contributed by atoms with Gasteiger partial charge in [-0.1, -0.05) is 0 Å². The second kappa shape index (κ2) is 7.74. The number of hydrogen-bond donors (Lipinski definition) is 2. The van der Waals surface area contributed by atoms with Crippen molar-refractivity contribution in [1.82, 2.24) is 9.97 Å². The van der Waals surface area contributed by atoms with Crippen LogP contribution in [0.4, 0.5) is 13.2 Å². The molecule has 0 aliphatic rings. The molecule has 0 fully saturated rings. The van der Waals surface area contributed by atoms with Crippen molar-refractivity contribution < 1.29 is 32.6 Å². The molecule has 1 aromatic rings. The van der Waals surface area contributed by atoms with Crippen molar-refractivity contribution in [2.24, 2.45) is 5.73 Å². The molecule has 0 radical (unpaired) electrons. The number of aromatic nitrogens is 2. The van der Waals surface area contributed by atoms with E-state index in [1.807, 2.05) is 0 Å². The summed E-state index contributed by atoms with van der Waals surface area (Å²) < 4.78 is 41.6. The minimum atomic E-state index is -4.73. The number of halogens is 4. The van der Waals surface area contributed by atoms with Gasteiger partial charge >= 0.3 is 12.1 Å². The predicted octanol–water partition coefficient (Wildman–Crippen LogP) is 0.667. The number of carbonyl (C=O) groups is 2. The van der Waals surface area contributed by atoms with E-state index in [-0.39, 0.29) is 12.4 Å². The summed E-state index contributed by atoms with van der Waals surface area (Å²) in [6.07, 6.45) is -4.50. The number of carbonyl (C=O) groups excluding carboxylic acids is 1. The summed E-state index contributed by atoms with van der Waals surface area (Å²) in [5.41, 5.74) is 5.26. The Kier molecular flexibility index (Phi) is 7.02. The maximum atomic E-state index is 12.3. The van der Waals surface area contributed by atoms with Crippen LogP contribution in [-0.4, -0.2) is 39.5 Å². The molecule has 0 aliphatic heterocycles. The smallest absolute Gasteiger partial charge is 0.451 e. The van der Waals surface area contributed by atoms with Crippen molar-refractivity contribution in [3.05, 3.63) is 18.1 Å². The Morgan fingerprint density at radius 3 is 2.57 bits per heavy atom. The number of nitrogens with zero attached hydrogens (tertiary/aromatic N) is 2. The van der Waals surface area contributed by atoms with Crippen LogP contribution in [0.15, 0.2) is 12.3 Å². The van der Waals surface area contributed by atoms with Crippen molar-refractivity contribution in [1.29, 1.82) is 0 Å². The first-order chi connectivity index (χ1) is 9.20. The highest BCUT2D eigenvalue weighted by molar-refractivity contribution is 5.88. The Morgan fingerprint density at radius 2 is 2.05 bits per heavy atom. The minimum absolute atomic E-state index is 0. The molecule has 0 bridgehead atoms. The van der Waals surface area contributed by atoms with Crippen molar-refractivity contribution in [2.45, 2.75) is 18.6 Å². The molecular formula is C10H11ClF3N3O4. The number of carboxylic acids is 1. The number of rotatable bonds is 6. The minimum Gasteiger partial charge on any atom is -0.481 e. The van der Waals surface area contributed by atoms with Crippen LogP contribution in [0.25, 0.3) is 0 Å². The summed E-state index contributed by atoms with van der Waals surface area (Å²) in [4.78, 5) is 27.8. The average Bonchev–Trinajstić information content (AvgIpc) is 2.34. The quantitative estimate of drug-likeness (QED) is 0.787. The van der Waals surface area contributed by atoms with Gasteiger partial charge in [0.15, 0.2) is 5.78 Å². The van der Waals surface area contributed by atoms with Crippen LogP contribution in [-0.2, 0) is 15.8 Å². The van der Waals surface area contributed by atoms with Crippen LogP contribution in [0.3, 0.4) is 0 Å². The monoisotopic (exact) mass is 329 g/mol. The molecular weight excluding hydrogens is 319 g/mol. The number of alkyl halides is 3. The zero-order chi connectivity index (χ0) is 15.3. The summed E-state index contributed by atoms with van der Waals surface area (Å²) in [5, 5.41) is 8.43. The second-order valence-corrected chi connectivity index (χ2v) is 3.68. The fourth-order valence-electron chi connectivity index (χ4n) is 1.11. The van der Waals surface area contributed by atoms with Crippen LogP contribution < -0.4 is 10.5 Å². The molecule has 0 spiro atoms. The Labute approximate surface area is 122 Å². The Morgan fingerprint density at radius 1 is 1.43 bits per heavy atom. The Bertz CT molecular complexity index is 513. The normalized spacial score (nSPS) is 12.2. The summed E-state index contributed by atoms with van der Waals surface area (Å²) in [6, 6.07) is -0.262. The van der Waals surface area contributed by atoms with E-state index >= 15 is 0 Å². The van der Waals surface area contributed by atoms with Gasteiger partial charge in [0.1, 0.15) is 6.61 Å². The van der Waals surface area contributed by atoms with Gasteiger partial charge in [0.25, 0.3) is 0 Å². The lowest BCUT2D eigenvalue weighted by Gasteiger charge is -2.10. The molecule has 11 heteroatoms. The maximum absolute atomic E-state index is 12.3. The van der Waals surface area contributed by atoms with Gasteiger partial charge in [0.05, 0.1) is 12.5 Å². The van der Waals surface area contributed by atoms with Gasteiger partial charge in [-0.3, -0.25) is 9.59 Å². The predicted molar refractivity (Wildman–Crippen MR) is 65.0 cm³/mol. The molecule has 1 unspecified atom stereocenters. The standard InChI is InChI=1S/C10H10F3N3O4.ClH/c11-10(12,13)9-15-2-1-7(16-9)20-4-6(17)5(14)3-8(18)19;/h1-2,5H,3-4,14H2,(H,18,19);1H. The molecule has 1 rings (SSSR count). The number of ketones is 1. The fraction of sp³-hybridized carbons (Fsp3) is 0.400. The summed E-state index contributed by atoms with van der Waals surface area (Å²) in [5.74, 6) is -3.90. The highest BCUT2D eigenvalue weighted by Crippen LogP contribution is 2.26. The van der Waals surface area contributed by atoms with E-state index in [0.29, 0.717) is 0 Å². The maximum Gasteiger partial charge on any atom is 0.451 e. The molecule has 1 atom stereocenters. The third kappa shape index (κ3) is 6.36. The molecule has 0 aliphatic carbocycles. The van der Waals surface area contributed by atoms with Crippen LogP contribution in [0.1, 0.15) is 12.2 Å². The summed E-state index contributed by atoms with van der Waals surface area (Å²) >= 11 is 0. The van der Waals surface area contributed by atoms with Gasteiger partial charge in [-0.25, -0.2) is 4.98 Å². The number of carboxylic acid groups (broad SMARTS) is 1. The van der Waals surface area contributed by atoms with E-state index in [4.69, 9.17) is 15.6 Å². The molecule has 7 nitrogen and oxygen atoms in total. The molecule has 3 N–H and O–H groups in total. The average molecular weight is 330 g/mol. The number of hydrogen-bond acceptors (Lipinski definition) is 6. The molecule has 0 amide bonds. The topological polar surface area (TPSA) is 115 Å². The largest absolute Gasteiger partial charge is 0.481 e. The second-order valence-electron chi connectivity index (χ2n) is 3.68. The van der Waals surface area contributed by atoms with Crippen molar-refractivity contribution in [3.63, 3.8) is 0 Å². The number of nitrogens with two attached hydrogens (primary N) is 1. The SMILES string of the molecule is Cl.NC(CC(=O)O)C(=O)COc1ccnc(C(F)(F)F)n1. The lowest BCUT2D eigenvalue weighted by atomic mass is 10.1. The number of aliphatic carboxylic acids is 1. The van der Waals surface area contributed by atoms with Crippen molar-refractivity contribution >= 4 is 24.2 Å². The van der Waals surface area contributed by atoms with E-state index in [1.54, 1.807) is 0 Å². The van der Waals surface area contributed by atoms with Gasteiger partial charge in [-0.05, 0) is 0 Å². The van der Waals surface area contributed by atoms with Crippen LogP contribution in [0, 0.1) is 0 Å². The van der Waals surface area contributed by atoms with Crippen molar-refractivity contribution in [2.75, 3.05) is 6.61 Å².